The summed E-state index contributed by atoms with van der Waals surface area (Å²) in [5.74, 6) is -0.276. The van der Waals surface area contributed by atoms with E-state index in [4.69, 9.17) is 5.11 Å². The molecule has 78 valence electrons. The molecule has 0 spiro atoms. The van der Waals surface area contributed by atoms with E-state index in [2.05, 4.69) is 0 Å². The fourth-order valence-corrected chi connectivity index (χ4v) is 3.00. The van der Waals surface area contributed by atoms with E-state index in [0.29, 0.717) is 11.5 Å². The maximum Gasteiger partial charge on any atom is 0.335 e. The zero-order valence-corrected chi connectivity index (χ0v) is 8.18. The molecule has 3 atom stereocenters. The number of benzene rings is 1. The van der Waals surface area contributed by atoms with Gasteiger partial charge in [0.15, 0.2) is 0 Å². The normalized spacial score (nSPS) is 31.7. The fourth-order valence-electron chi connectivity index (χ4n) is 3.00. The first-order valence-corrected chi connectivity index (χ1v) is 5.22. The molecule has 15 heavy (non-hydrogen) atoms. The zero-order chi connectivity index (χ0) is 10.6. The lowest BCUT2D eigenvalue weighted by Crippen LogP contribution is -2.15. The molecule has 3 rings (SSSR count). The Morgan fingerprint density at radius 1 is 1.27 bits per heavy atom. The van der Waals surface area contributed by atoms with Gasteiger partial charge in [-0.05, 0) is 42.0 Å². The van der Waals surface area contributed by atoms with E-state index in [0.717, 1.165) is 18.4 Å². The standard InChI is InChI=1S/C12H12O3/c13-11-5-7-4-10(11)9-3-6(12(14)15)1-2-8(7)9/h1-3,7,10-11,13H,4-5H2,(H,14,15)/t7-,10-,11-/m1/s1. The summed E-state index contributed by atoms with van der Waals surface area (Å²) in [5.41, 5.74) is 2.63. The molecular formula is C12H12O3. The molecule has 3 heteroatoms. The van der Waals surface area contributed by atoms with Gasteiger partial charge in [-0.2, -0.15) is 0 Å². The predicted octanol–water partition coefficient (Wildman–Crippen LogP) is 1.72. The molecule has 0 unspecified atom stereocenters. The number of aliphatic hydroxyl groups is 1. The van der Waals surface area contributed by atoms with Crippen LogP contribution in [0.2, 0.25) is 0 Å². The van der Waals surface area contributed by atoms with Crippen molar-refractivity contribution in [1.29, 1.82) is 0 Å². The van der Waals surface area contributed by atoms with Crippen molar-refractivity contribution in [2.75, 3.05) is 0 Å². The van der Waals surface area contributed by atoms with Crippen LogP contribution < -0.4 is 0 Å². The van der Waals surface area contributed by atoms with Gasteiger partial charge in [-0.15, -0.1) is 0 Å². The molecule has 0 aliphatic heterocycles. The molecule has 1 aromatic rings. The van der Waals surface area contributed by atoms with Crippen molar-refractivity contribution in [1.82, 2.24) is 0 Å². The monoisotopic (exact) mass is 204 g/mol. The van der Waals surface area contributed by atoms with Gasteiger partial charge in [0.1, 0.15) is 0 Å². The van der Waals surface area contributed by atoms with Gasteiger partial charge in [-0.3, -0.25) is 0 Å². The van der Waals surface area contributed by atoms with Crippen LogP contribution in [0.5, 0.6) is 0 Å². The number of carbonyl (C=O) groups is 1. The van der Waals surface area contributed by atoms with Crippen LogP contribution in [0.1, 0.15) is 46.2 Å². The van der Waals surface area contributed by atoms with Crippen molar-refractivity contribution >= 4 is 5.97 Å². The Bertz CT molecular complexity index is 438. The van der Waals surface area contributed by atoms with E-state index in [1.165, 1.54) is 5.56 Å². The van der Waals surface area contributed by atoms with E-state index >= 15 is 0 Å². The predicted molar refractivity (Wildman–Crippen MR) is 54.1 cm³/mol. The van der Waals surface area contributed by atoms with Gasteiger partial charge in [0.05, 0.1) is 11.7 Å². The largest absolute Gasteiger partial charge is 0.478 e. The molecule has 0 saturated heterocycles. The fraction of sp³-hybridized carbons (Fsp3) is 0.417. The minimum atomic E-state index is -0.893. The summed E-state index contributed by atoms with van der Waals surface area (Å²) in [6.07, 6.45) is 1.55. The second-order valence-corrected chi connectivity index (χ2v) is 4.49. The van der Waals surface area contributed by atoms with Crippen molar-refractivity contribution in [3.05, 3.63) is 34.9 Å². The molecule has 0 heterocycles. The molecule has 0 amide bonds. The van der Waals surface area contributed by atoms with Gasteiger partial charge in [0.2, 0.25) is 0 Å². The van der Waals surface area contributed by atoms with Gasteiger partial charge in [-0.1, -0.05) is 6.07 Å². The first kappa shape index (κ1) is 8.92. The van der Waals surface area contributed by atoms with Crippen molar-refractivity contribution in [2.45, 2.75) is 30.8 Å². The Hall–Kier alpha value is -1.35. The number of aromatic carboxylic acids is 1. The Kier molecular flexibility index (Phi) is 1.68. The molecule has 2 aliphatic carbocycles. The molecular weight excluding hydrogens is 192 g/mol. The van der Waals surface area contributed by atoms with E-state index in [1.807, 2.05) is 6.07 Å². The van der Waals surface area contributed by atoms with Crippen molar-refractivity contribution in [3.8, 4) is 0 Å². The number of carboxylic acid groups (broad SMARTS) is 1. The summed E-state index contributed by atoms with van der Waals surface area (Å²) < 4.78 is 0. The Morgan fingerprint density at radius 2 is 2.07 bits per heavy atom. The highest BCUT2D eigenvalue weighted by Crippen LogP contribution is 2.53. The third-order valence-electron chi connectivity index (χ3n) is 3.70. The summed E-state index contributed by atoms with van der Waals surface area (Å²) >= 11 is 0. The van der Waals surface area contributed by atoms with Crippen LogP contribution in [-0.2, 0) is 0 Å². The Morgan fingerprint density at radius 3 is 2.80 bits per heavy atom. The van der Waals surface area contributed by atoms with Crippen LogP contribution in [0.15, 0.2) is 18.2 Å². The van der Waals surface area contributed by atoms with Crippen LogP contribution in [0, 0.1) is 0 Å². The lowest BCUT2D eigenvalue weighted by atomic mass is 9.89. The van der Waals surface area contributed by atoms with Crippen molar-refractivity contribution < 1.29 is 15.0 Å². The lowest BCUT2D eigenvalue weighted by Gasteiger charge is -2.20. The average Bonchev–Trinajstić information content (AvgIpc) is 2.74. The Balaban J connectivity index is 2.11. The molecule has 1 saturated carbocycles. The molecule has 2 aliphatic rings. The number of hydrogen-bond acceptors (Lipinski definition) is 2. The van der Waals surface area contributed by atoms with Crippen molar-refractivity contribution in [3.63, 3.8) is 0 Å². The highest BCUT2D eigenvalue weighted by molar-refractivity contribution is 5.88. The smallest absolute Gasteiger partial charge is 0.335 e. The van der Waals surface area contributed by atoms with E-state index in [1.54, 1.807) is 12.1 Å². The SMILES string of the molecule is O=C(O)c1ccc2c(c1)[C@H]1C[C@@H]2C[C@H]1O. The minimum absolute atomic E-state index is 0.171. The molecule has 0 aromatic heterocycles. The van der Waals surface area contributed by atoms with Crippen LogP contribution in [0.25, 0.3) is 0 Å². The van der Waals surface area contributed by atoms with Gasteiger partial charge >= 0.3 is 5.97 Å². The second-order valence-electron chi connectivity index (χ2n) is 4.49. The van der Waals surface area contributed by atoms with Gasteiger partial charge < -0.3 is 10.2 Å². The van der Waals surface area contributed by atoms with Crippen LogP contribution in [0.3, 0.4) is 0 Å². The molecule has 2 bridgehead atoms. The van der Waals surface area contributed by atoms with Gasteiger partial charge in [0, 0.05) is 5.92 Å². The maximum absolute atomic E-state index is 10.8. The zero-order valence-electron chi connectivity index (χ0n) is 8.18. The summed E-state index contributed by atoms with van der Waals surface area (Å²) in [6.45, 7) is 0. The minimum Gasteiger partial charge on any atom is -0.478 e. The quantitative estimate of drug-likeness (QED) is 0.732. The highest BCUT2D eigenvalue weighted by Gasteiger charge is 2.43. The Labute approximate surface area is 87.4 Å². The van der Waals surface area contributed by atoms with Gasteiger partial charge in [-0.25, -0.2) is 4.79 Å². The number of rotatable bonds is 1. The molecule has 1 aromatic carbocycles. The highest BCUT2D eigenvalue weighted by atomic mass is 16.4. The lowest BCUT2D eigenvalue weighted by molar-refractivity contribution is 0.0696. The molecule has 0 radical (unpaired) electrons. The van der Waals surface area contributed by atoms with E-state index in [-0.39, 0.29) is 12.0 Å². The maximum atomic E-state index is 10.8. The number of fused-ring (bicyclic) bond motifs is 5. The summed E-state index contributed by atoms with van der Waals surface area (Å²) in [7, 11) is 0. The number of hydrogen-bond donors (Lipinski definition) is 2. The first-order chi connectivity index (χ1) is 7.16. The van der Waals surface area contributed by atoms with Crippen LogP contribution >= 0.6 is 0 Å². The molecule has 1 fully saturated rings. The van der Waals surface area contributed by atoms with Crippen LogP contribution in [-0.4, -0.2) is 22.3 Å². The molecule has 2 N–H and O–H groups in total. The molecule has 3 nitrogen and oxygen atoms in total. The average molecular weight is 204 g/mol. The summed E-state index contributed by atoms with van der Waals surface area (Å²) in [6, 6.07) is 5.30. The first-order valence-electron chi connectivity index (χ1n) is 5.22. The summed E-state index contributed by atoms with van der Waals surface area (Å²) in [5, 5.41) is 18.6. The third kappa shape index (κ3) is 1.13. The third-order valence-corrected chi connectivity index (χ3v) is 3.70. The topological polar surface area (TPSA) is 57.5 Å². The number of aliphatic hydroxyl groups excluding tert-OH is 1. The van der Waals surface area contributed by atoms with Crippen molar-refractivity contribution in [2.24, 2.45) is 0 Å². The van der Waals surface area contributed by atoms with E-state index in [9.17, 15) is 9.90 Å². The van der Waals surface area contributed by atoms with E-state index < -0.39 is 5.97 Å². The van der Waals surface area contributed by atoms with Gasteiger partial charge in [0.25, 0.3) is 0 Å². The van der Waals surface area contributed by atoms with Crippen LogP contribution in [0.4, 0.5) is 0 Å². The summed E-state index contributed by atoms with van der Waals surface area (Å²) in [4.78, 5) is 10.8. The second kappa shape index (κ2) is 2.83. The number of carboxylic acids is 1.